The third-order valence-electron chi connectivity index (χ3n) is 4.49. The van der Waals surface area contributed by atoms with Crippen molar-refractivity contribution >= 4 is 0 Å². The first-order valence-electron chi connectivity index (χ1n) is 7.88. The van der Waals surface area contributed by atoms with E-state index in [4.69, 9.17) is 9.47 Å². The van der Waals surface area contributed by atoms with Crippen LogP contribution in [-0.4, -0.2) is 45.3 Å². The molecule has 1 saturated heterocycles. The molecule has 1 fully saturated rings. The van der Waals surface area contributed by atoms with Crippen LogP contribution in [0.1, 0.15) is 31.9 Å². The first-order valence-corrected chi connectivity index (χ1v) is 7.88. The van der Waals surface area contributed by atoms with Gasteiger partial charge in [-0.2, -0.15) is 0 Å². The summed E-state index contributed by atoms with van der Waals surface area (Å²) in [6.07, 6.45) is 1.13. The fourth-order valence-electron chi connectivity index (χ4n) is 3.18. The van der Waals surface area contributed by atoms with Gasteiger partial charge in [-0.1, -0.05) is 26.3 Å². The second kappa shape index (κ2) is 7.66. The molecule has 0 bridgehead atoms. The van der Waals surface area contributed by atoms with E-state index in [1.165, 1.54) is 5.56 Å². The summed E-state index contributed by atoms with van der Waals surface area (Å²) in [6.45, 7) is 8.79. The molecule has 0 radical (unpaired) electrons. The standard InChI is InChI=1S/C17H28N2O2/c1-5-13(2)17(19-11-9-18-10-12-19)16-14(20-3)7-6-8-15(16)21-4/h6-8,13,17-18H,5,9-12H2,1-4H3/t13?,17-/m0/s1. The SMILES string of the molecule is CCC(C)[C@@H](c1c(OC)cccc1OC)N1CCNCC1. The van der Waals surface area contributed by atoms with Gasteiger partial charge in [-0.05, 0) is 18.1 Å². The Morgan fingerprint density at radius 1 is 1.14 bits per heavy atom. The van der Waals surface area contributed by atoms with Crippen LogP contribution in [0.4, 0.5) is 0 Å². The van der Waals surface area contributed by atoms with E-state index < -0.39 is 0 Å². The number of piperazine rings is 1. The van der Waals surface area contributed by atoms with Crippen molar-refractivity contribution in [3.8, 4) is 11.5 Å². The molecule has 0 spiro atoms. The highest BCUT2D eigenvalue weighted by atomic mass is 16.5. The number of hydrogen-bond donors (Lipinski definition) is 1. The molecule has 0 saturated carbocycles. The molecule has 1 unspecified atom stereocenters. The minimum absolute atomic E-state index is 0.336. The average molecular weight is 292 g/mol. The van der Waals surface area contributed by atoms with Crippen LogP contribution in [-0.2, 0) is 0 Å². The van der Waals surface area contributed by atoms with Gasteiger partial charge in [-0.15, -0.1) is 0 Å². The fourth-order valence-corrected chi connectivity index (χ4v) is 3.18. The predicted octanol–water partition coefficient (Wildman–Crippen LogP) is 2.70. The minimum Gasteiger partial charge on any atom is -0.496 e. The average Bonchev–Trinajstić information content (AvgIpc) is 2.55. The number of methoxy groups -OCH3 is 2. The number of nitrogens with zero attached hydrogens (tertiary/aromatic N) is 1. The van der Waals surface area contributed by atoms with Gasteiger partial charge in [0.1, 0.15) is 11.5 Å². The predicted molar refractivity (Wildman–Crippen MR) is 86.2 cm³/mol. The monoisotopic (exact) mass is 292 g/mol. The molecule has 2 rings (SSSR count). The molecular formula is C17H28N2O2. The highest BCUT2D eigenvalue weighted by molar-refractivity contribution is 5.47. The van der Waals surface area contributed by atoms with Crippen LogP contribution >= 0.6 is 0 Å². The maximum atomic E-state index is 5.63. The van der Waals surface area contributed by atoms with Gasteiger partial charge in [0.2, 0.25) is 0 Å². The Balaban J connectivity index is 2.44. The largest absolute Gasteiger partial charge is 0.496 e. The zero-order chi connectivity index (χ0) is 15.2. The molecule has 1 N–H and O–H groups in total. The molecule has 1 aliphatic heterocycles. The molecule has 21 heavy (non-hydrogen) atoms. The van der Waals surface area contributed by atoms with Crippen LogP contribution < -0.4 is 14.8 Å². The molecule has 1 aromatic rings. The van der Waals surface area contributed by atoms with E-state index >= 15 is 0 Å². The number of hydrogen-bond acceptors (Lipinski definition) is 4. The summed E-state index contributed by atoms with van der Waals surface area (Å²) in [4.78, 5) is 2.56. The molecule has 4 heteroatoms. The first kappa shape index (κ1) is 16.1. The van der Waals surface area contributed by atoms with E-state index in [2.05, 4.69) is 24.1 Å². The van der Waals surface area contributed by atoms with E-state index in [9.17, 15) is 0 Å². The van der Waals surface area contributed by atoms with E-state index in [-0.39, 0.29) is 0 Å². The molecule has 0 amide bonds. The van der Waals surface area contributed by atoms with Gasteiger partial charge in [0.05, 0.1) is 19.8 Å². The van der Waals surface area contributed by atoms with E-state index in [0.29, 0.717) is 12.0 Å². The summed E-state index contributed by atoms with van der Waals surface area (Å²) in [6, 6.07) is 6.40. The van der Waals surface area contributed by atoms with Gasteiger partial charge in [0.15, 0.2) is 0 Å². The first-order chi connectivity index (χ1) is 10.2. The van der Waals surface area contributed by atoms with Crippen LogP contribution in [0.5, 0.6) is 11.5 Å². The Morgan fingerprint density at radius 2 is 1.71 bits per heavy atom. The Kier molecular flexibility index (Phi) is 5.88. The number of ether oxygens (including phenoxy) is 2. The summed E-state index contributed by atoms with van der Waals surface area (Å²) < 4.78 is 11.3. The summed E-state index contributed by atoms with van der Waals surface area (Å²) in [5.74, 6) is 2.41. The maximum Gasteiger partial charge on any atom is 0.127 e. The van der Waals surface area contributed by atoms with Gasteiger partial charge in [-0.25, -0.2) is 0 Å². The van der Waals surface area contributed by atoms with Crippen LogP contribution in [0.3, 0.4) is 0 Å². The van der Waals surface area contributed by atoms with Gasteiger partial charge in [-0.3, -0.25) is 4.90 Å². The zero-order valence-corrected chi connectivity index (χ0v) is 13.7. The summed E-state index contributed by atoms with van der Waals surface area (Å²) in [7, 11) is 3.48. The third kappa shape index (κ3) is 3.50. The molecule has 2 atom stereocenters. The van der Waals surface area contributed by atoms with Crippen molar-refractivity contribution in [1.82, 2.24) is 10.2 Å². The lowest BCUT2D eigenvalue weighted by atomic mass is 9.89. The smallest absolute Gasteiger partial charge is 0.127 e. The second-order valence-corrected chi connectivity index (χ2v) is 5.69. The summed E-state index contributed by atoms with van der Waals surface area (Å²) >= 11 is 0. The lowest BCUT2D eigenvalue weighted by molar-refractivity contribution is 0.123. The lowest BCUT2D eigenvalue weighted by Gasteiger charge is -2.39. The van der Waals surface area contributed by atoms with Crippen LogP contribution in [0, 0.1) is 5.92 Å². The minimum atomic E-state index is 0.336. The van der Waals surface area contributed by atoms with Crippen molar-refractivity contribution in [2.75, 3.05) is 40.4 Å². The lowest BCUT2D eigenvalue weighted by Crippen LogP contribution is -2.46. The van der Waals surface area contributed by atoms with Crippen LogP contribution in [0.25, 0.3) is 0 Å². The Hall–Kier alpha value is -1.26. The van der Waals surface area contributed by atoms with E-state index in [0.717, 1.165) is 44.1 Å². The van der Waals surface area contributed by atoms with Gasteiger partial charge in [0, 0.05) is 32.2 Å². The number of rotatable bonds is 6. The molecule has 4 nitrogen and oxygen atoms in total. The second-order valence-electron chi connectivity index (χ2n) is 5.69. The van der Waals surface area contributed by atoms with Crippen LogP contribution in [0.2, 0.25) is 0 Å². The molecule has 1 aliphatic rings. The fraction of sp³-hybridized carbons (Fsp3) is 0.647. The number of nitrogens with one attached hydrogen (secondary N) is 1. The Bertz CT molecular complexity index is 422. The molecule has 1 aromatic carbocycles. The van der Waals surface area contributed by atoms with Crippen molar-refractivity contribution in [3.05, 3.63) is 23.8 Å². The molecule has 118 valence electrons. The summed E-state index contributed by atoms with van der Waals surface area (Å²) in [5.41, 5.74) is 1.19. The summed E-state index contributed by atoms with van der Waals surface area (Å²) in [5, 5.41) is 3.43. The third-order valence-corrected chi connectivity index (χ3v) is 4.49. The molecular weight excluding hydrogens is 264 g/mol. The van der Waals surface area contributed by atoms with Crippen molar-refractivity contribution in [3.63, 3.8) is 0 Å². The zero-order valence-electron chi connectivity index (χ0n) is 13.7. The van der Waals surface area contributed by atoms with Gasteiger partial charge >= 0.3 is 0 Å². The van der Waals surface area contributed by atoms with E-state index in [1.54, 1.807) is 14.2 Å². The molecule has 1 heterocycles. The Labute approximate surface area is 128 Å². The van der Waals surface area contributed by atoms with E-state index in [1.807, 2.05) is 18.2 Å². The maximum absolute atomic E-state index is 5.63. The van der Waals surface area contributed by atoms with Gasteiger partial charge < -0.3 is 14.8 Å². The Morgan fingerprint density at radius 3 is 2.19 bits per heavy atom. The molecule has 0 aromatic heterocycles. The number of benzene rings is 1. The van der Waals surface area contributed by atoms with Crippen LogP contribution in [0.15, 0.2) is 18.2 Å². The highest BCUT2D eigenvalue weighted by Gasteiger charge is 2.31. The van der Waals surface area contributed by atoms with Gasteiger partial charge in [0.25, 0.3) is 0 Å². The highest BCUT2D eigenvalue weighted by Crippen LogP contribution is 2.41. The van der Waals surface area contributed by atoms with Crippen molar-refractivity contribution in [1.29, 1.82) is 0 Å². The van der Waals surface area contributed by atoms with Crippen molar-refractivity contribution < 1.29 is 9.47 Å². The topological polar surface area (TPSA) is 33.7 Å². The van der Waals surface area contributed by atoms with Crippen molar-refractivity contribution in [2.24, 2.45) is 5.92 Å². The quantitative estimate of drug-likeness (QED) is 0.874. The molecule has 0 aliphatic carbocycles. The van der Waals surface area contributed by atoms with Crippen molar-refractivity contribution in [2.45, 2.75) is 26.3 Å². The normalized spacial score (nSPS) is 19.0.